The second kappa shape index (κ2) is 5.33. The number of hydrogen-bond donors (Lipinski definition) is 2. The van der Waals surface area contributed by atoms with Gasteiger partial charge in [-0.1, -0.05) is 18.2 Å². The van der Waals surface area contributed by atoms with Crippen LogP contribution in [0.1, 0.15) is 10.9 Å². The Hall–Kier alpha value is -1.33. The van der Waals surface area contributed by atoms with Gasteiger partial charge in [-0.25, -0.2) is 0 Å². The second-order valence-electron chi connectivity index (χ2n) is 3.48. The zero-order chi connectivity index (χ0) is 12.3. The molecule has 1 amide bonds. The highest BCUT2D eigenvalue weighted by Crippen LogP contribution is 2.31. The Morgan fingerprint density at radius 1 is 1.29 bits per heavy atom. The van der Waals surface area contributed by atoms with Gasteiger partial charge in [-0.05, 0) is 39.5 Å². The first-order chi connectivity index (χ1) is 8.18. The first-order valence-corrected chi connectivity index (χ1v) is 6.69. The summed E-state index contributed by atoms with van der Waals surface area (Å²) in [6.07, 6.45) is 0. The highest BCUT2D eigenvalue weighted by Gasteiger charge is 2.21. The molecule has 3 N–H and O–H groups in total. The van der Waals surface area contributed by atoms with Gasteiger partial charge in [0.15, 0.2) is 0 Å². The number of para-hydroxylation sites is 1. The summed E-state index contributed by atoms with van der Waals surface area (Å²) < 4.78 is 0.898. The summed E-state index contributed by atoms with van der Waals surface area (Å²) in [6, 6.07) is 10.9. The smallest absolute Gasteiger partial charge is 0.245 e. The molecule has 3 nitrogen and oxygen atoms in total. The molecule has 2 aromatic rings. The standard InChI is InChI=1S/C12H11BrN2OS/c13-9-6-7-17-11(9)10(12(14)16)15-8-4-2-1-3-5-8/h1-7,10,15H,(H2,14,16). The number of benzene rings is 1. The number of nitrogens with one attached hydrogen (secondary N) is 1. The van der Waals surface area contributed by atoms with E-state index in [9.17, 15) is 4.79 Å². The minimum Gasteiger partial charge on any atom is -0.369 e. The van der Waals surface area contributed by atoms with Crippen molar-refractivity contribution in [2.75, 3.05) is 5.32 Å². The number of thiophene rings is 1. The molecule has 1 atom stereocenters. The van der Waals surface area contributed by atoms with Crippen molar-refractivity contribution < 1.29 is 4.79 Å². The Kier molecular flexibility index (Phi) is 3.81. The van der Waals surface area contributed by atoms with Crippen LogP contribution in [0, 0.1) is 0 Å². The first kappa shape index (κ1) is 12.1. The monoisotopic (exact) mass is 310 g/mol. The molecule has 1 heterocycles. The fraction of sp³-hybridized carbons (Fsp3) is 0.0833. The number of nitrogens with two attached hydrogens (primary N) is 1. The predicted octanol–water partition coefficient (Wildman–Crippen LogP) is 3.15. The van der Waals surface area contributed by atoms with Crippen molar-refractivity contribution in [2.24, 2.45) is 5.73 Å². The molecule has 0 spiro atoms. The van der Waals surface area contributed by atoms with Crippen molar-refractivity contribution in [1.82, 2.24) is 0 Å². The van der Waals surface area contributed by atoms with Crippen LogP contribution in [-0.4, -0.2) is 5.91 Å². The van der Waals surface area contributed by atoms with Crippen LogP contribution in [0.15, 0.2) is 46.3 Å². The van der Waals surface area contributed by atoms with Crippen molar-refractivity contribution in [1.29, 1.82) is 0 Å². The lowest BCUT2D eigenvalue weighted by Crippen LogP contribution is -2.27. The van der Waals surface area contributed by atoms with Gasteiger partial charge in [0.25, 0.3) is 0 Å². The number of carbonyl (C=O) groups excluding carboxylic acids is 1. The molecule has 17 heavy (non-hydrogen) atoms. The fourth-order valence-corrected chi connectivity index (χ4v) is 3.14. The number of anilines is 1. The van der Waals surface area contributed by atoms with Crippen LogP contribution in [0.3, 0.4) is 0 Å². The highest BCUT2D eigenvalue weighted by molar-refractivity contribution is 9.10. The van der Waals surface area contributed by atoms with Crippen molar-refractivity contribution in [3.63, 3.8) is 0 Å². The van der Waals surface area contributed by atoms with E-state index in [2.05, 4.69) is 21.2 Å². The number of hydrogen-bond acceptors (Lipinski definition) is 3. The maximum absolute atomic E-state index is 11.5. The summed E-state index contributed by atoms with van der Waals surface area (Å²) in [4.78, 5) is 12.4. The van der Waals surface area contributed by atoms with Crippen molar-refractivity contribution in [3.05, 3.63) is 51.1 Å². The molecule has 0 radical (unpaired) electrons. The molecule has 0 aliphatic carbocycles. The zero-order valence-corrected chi connectivity index (χ0v) is 11.3. The van der Waals surface area contributed by atoms with E-state index < -0.39 is 11.9 Å². The Balaban J connectivity index is 2.26. The van der Waals surface area contributed by atoms with Crippen LogP contribution in [0.4, 0.5) is 5.69 Å². The van der Waals surface area contributed by atoms with Crippen molar-refractivity contribution in [3.8, 4) is 0 Å². The van der Waals surface area contributed by atoms with E-state index in [1.807, 2.05) is 41.8 Å². The SMILES string of the molecule is NC(=O)C(Nc1ccccc1)c1sccc1Br. The summed E-state index contributed by atoms with van der Waals surface area (Å²) in [5.74, 6) is -0.392. The lowest BCUT2D eigenvalue weighted by molar-refractivity contribution is -0.118. The quantitative estimate of drug-likeness (QED) is 0.911. The maximum Gasteiger partial charge on any atom is 0.245 e. The third-order valence-corrected chi connectivity index (χ3v) is 4.21. The maximum atomic E-state index is 11.5. The minimum atomic E-state index is -0.508. The van der Waals surface area contributed by atoms with E-state index in [1.165, 1.54) is 11.3 Å². The average molecular weight is 311 g/mol. The van der Waals surface area contributed by atoms with Crippen LogP contribution < -0.4 is 11.1 Å². The average Bonchev–Trinajstić information content (AvgIpc) is 2.73. The Morgan fingerprint density at radius 2 is 2.00 bits per heavy atom. The van der Waals surface area contributed by atoms with Crippen LogP contribution in [0.2, 0.25) is 0 Å². The van der Waals surface area contributed by atoms with Gasteiger partial charge in [-0.3, -0.25) is 4.79 Å². The molecule has 0 aliphatic heterocycles. The summed E-state index contributed by atoms with van der Waals surface area (Å²) >= 11 is 4.91. The van der Waals surface area contributed by atoms with E-state index in [0.717, 1.165) is 15.0 Å². The number of amides is 1. The Labute approximate surface area is 112 Å². The minimum absolute atomic E-state index is 0.392. The highest BCUT2D eigenvalue weighted by atomic mass is 79.9. The first-order valence-electron chi connectivity index (χ1n) is 5.02. The van der Waals surface area contributed by atoms with E-state index in [-0.39, 0.29) is 0 Å². The predicted molar refractivity (Wildman–Crippen MR) is 74.0 cm³/mol. The van der Waals surface area contributed by atoms with Crippen molar-refractivity contribution in [2.45, 2.75) is 6.04 Å². The molecule has 88 valence electrons. The lowest BCUT2D eigenvalue weighted by atomic mass is 10.2. The van der Waals surface area contributed by atoms with Gasteiger partial charge in [0.2, 0.25) is 5.91 Å². The van der Waals surface area contributed by atoms with Gasteiger partial charge < -0.3 is 11.1 Å². The molecular formula is C12H11BrN2OS. The topological polar surface area (TPSA) is 55.1 Å². The van der Waals surface area contributed by atoms with Crippen LogP contribution in [-0.2, 0) is 4.79 Å². The number of halogens is 1. The van der Waals surface area contributed by atoms with E-state index in [1.54, 1.807) is 0 Å². The summed E-state index contributed by atoms with van der Waals surface area (Å²) in [7, 11) is 0. The van der Waals surface area contributed by atoms with Crippen LogP contribution in [0.5, 0.6) is 0 Å². The fourth-order valence-electron chi connectivity index (χ4n) is 1.48. The van der Waals surface area contributed by atoms with E-state index >= 15 is 0 Å². The van der Waals surface area contributed by atoms with Gasteiger partial charge >= 0.3 is 0 Å². The number of primary amides is 1. The van der Waals surface area contributed by atoms with Gasteiger partial charge in [0, 0.05) is 10.2 Å². The third-order valence-electron chi connectivity index (χ3n) is 2.28. The van der Waals surface area contributed by atoms with Crippen molar-refractivity contribution >= 4 is 38.9 Å². The lowest BCUT2D eigenvalue weighted by Gasteiger charge is -2.15. The Morgan fingerprint density at radius 3 is 2.53 bits per heavy atom. The molecule has 0 aliphatic rings. The summed E-state index contributed by atoms with van der Waals surface area (Å²) in [5.41, 5.74) is 6.30. The van der Waals surface area contributed by atoms with Gasteiger partial charge in [-0.2, -0.15) is 0 Å². The molecular weight excluding hydrogens is 300 g/mol. The number of carbonyl (C=O) groups is 1. The molecule has 2 rings (SSSR count). The molecule has 0 bridgehead atoms. The number of rotatable bonds is 4. The van der Waals surface area contributed by atoms with Gasteiger partial charge in [0.05, 0.1) is 4.88 Å². The molecule has 0 saturated heterocycles. The van der Waals surface area contributed by atoms with Gasteiger partial charge in [0.1, 0.15) is 6.04 Å². The molecule has 1 aromatic heterocycles. The summed E-state index contributed by atoms with van der Waals surface area (Å²) in [5, 5.41) is 5.05. The van der Waals surface area contributed by atoms with Crippen LogP contribution >= 0.6 is 27.3 Å². The second-order valence-corrected chi connectivity index (χ2v) is 5.28. The van der Waals surface area contributed by atoms with Gasteiger partial charge in [-0.15, -0.1) is 11.3 Å². The third kappa shape index (κ3) is 2.87. The van der Waals surface area contributed by atoms with Crippen LogP contribution in [0.25, 0.3) is 0 Å². The molecule has 5 heteroatoms. The normalized spacial score (nSPS) is 12.1. The zero-order valence-electron chi connectivity index (χ0n) is 8.89. The van der Waals surface area contributed by atoms with E-state index in [0.29, 0.717) is 0 Å². The largest absolute Gasteiger partial charge is 0.369 e. The summed E-state index contributed by atoms with van der Waals surface area (Å²) in [6.45, 7) is 0. The molecule has 0 saturated carbocycles. The van der Waals surface area contributed by atoms with E-state index in [4.69, 9.17) is 5.73 Å². The Bertz CT molecular complexity index is 512. The molecule has 1 aromatic carbocycles. The molecule has 1 unspecified atom stereocenters. The molecule has 0 fully saturated rings.